The fourth-order valence-corrected chi connectivity index (χ4v) is 2.12. The molecule has 0 aromatic carbocycles. The van der Waals surface area contributed by atoms with Gasteiger partial charge in [-0.25, -0.2) is 9.24 Å². The van der Waals surface area contributed by atoms with Gasteiger partial charge in [0.15, 0.2) is 0 Å². The van der Waals surface area contributed by atoms with Crippen molar-refractivity contribution in [3.63, 3.8) is 0 Å². The molecule has 0 aromatic heterocycles. The summed E-state index contributed by atoms with van der Waals surface area (Å²) in [5, 5.41) is 0. The number of hydrogen-bond donors (Lipinski definition) is 0. The summed E-state index contributed by atoms with van der Waals surface area (Å²) in [7, 11) is -0.432. The Kier molecular flexibility index (Phi) is 5.91. The molecular weight excluding hydrogens is 189 g/mol. The maximum Gasteiger partial charge on any atom is 0.408 e. The summed E-state index contributed by atoms with van der Waals surface area (Å²) in [6, 6.07) is 0. The molecule has 0 fully saturated rings. The summed E-state index contributed by atoms with van der Waals surface area (Å²) in [5.74, 6) is 0. The monoisotopic (exact) mass is 205 g/mol. The Hall–Kier alpha value is -0.410. The highest BCUT2D eigenvalue weighted by Crippen LogP contribution is 2.49. The molecule has 76 valence electrons. The quantitative estimate of drug-likeness (QED) is 0.471. The van der Waals surface area contributed by atoms with Crippen LogP contribution in [-0.2, 0) is 13.6 Å². The van der Waals surface area contributed by atoms with Crippen LogP contribution in [0.25, 0.3) is 0 Å². The van der Waals surface area contributed by atoms with Gasteiger partial charge in [-0.1, -0.05) is 12.2 Å². The first-order chi connectivity index (χ1) is 6.14. The molecule has 0 saturated carbocycles. The minimum Gasteiger partial charge on any atom is -0.300 e. The van der Waals surface area contributed by atoms with Gasteiger partial charge in [0.05, 0.1) is 0 Å². The van der Waals surface area contributed by atoms with Gasteiger partial charge < -0.3 is 0 Å². The summed E-state index contributed by atoms with van der Waals surface area (Å²) >= 11 is 0. The second kappa shape index (κ2) is 6.11. The molecule has 0 N–H and O–H groups in total. The van der Waals surface area contributed by atoms with Gasteiger partial charge in [0.2, 0.25) is 0 Å². The molecule has 13 heavy (non-hydrogen) atoms. The van der Waals surface area contributed by atoms with E-state index in [2.05, 4.69) is 13.2 Å². The first kappa shape index (κ1) is 12.6. The molecular formula is C8H16NO3P. The molecule has 0 bridgehead atoms. The van der Waals surface area contributed by atoms with E-state index in [1.807, 2.05) is 0 Å². The van der Waals surface area contributed by atoms with Gasteiger partial charge in [-0.15, -0.1) is 13.2 Å². The van der Waals surface area contributed by atoms with Crippen molar-refractivity contribution in [2.24, 2.45) is 0 Å². The van der Waals surface area contributed by atoms with E-state index in [4.69, 9.17) is 9.05 Å². The number of hydrogen-bond acceptors (Lipinski definition) is 3. The van der Waals surface area contributed by atoms with E-state index in [0.29, 0.717) is 13.1 Å². The fourth-order valence-electron chi connectivity index (χ4n) is 0.878. The van der Waals surface area contributed by atoms with E-state index in [9.17, 15) is 4.57 Å². The maximum absolute atomic E-state index is 11.8. The molecule has 0 aliphatic heterocycles. The van der Waals surface area contributed by atoms with Crippen molar-refractivity contribution < 1.29 is 13.6 Å². The first-order valence-corrected chi connectivity index (χ1v) is 5.33. The zero-order valence-corrected chi connectivity index (χ0v) is 9.00. The Morgan fingerprint density at radius 1 is 1.23 bits per heavy atom. The molecule has 0 saturated heterocycles. The second-order valence-corrected chi connectivity index (χ2v) is 4.52. The van der Waals surface area contributed by atoms with Gasteiger partial charge in [-0.3, -0.25) is 9.05 Å². The Balaban J connectivity index is 4.56. The summed E-state index contributed by atoms with van der Waals surface area (Å²) in [4.78, 5) is 0. The maximum atomic E-state index is 11.8. The van der Waals surface area contributed by atoms with Crippen LogP contribution < -0.4 is 0 Å². The van der Waals surface area contributed by atoms with Gasteiger partial charge >= 0.3 is 7.75 Å². The van der Waals surface area contributed by atoms with Crippen molar-refractivity contribution in [2.75, 3.05) is 27.3 Å². The average molecular weight is 205 g/mol. The highest BCUT2D eigenvalue weighted by atomic mass is 31.2. The lowest BCUT2D eigenvalue weighted by molar-refractivity contribution is 0.220. The molecule has 0 atom stereocenters. The van der Waals surface area contributed by atoms with Gasteiger partial charge in [0.1, 0.15) is 0 Å². The smallest absolute Gasteiger partial charge is 0.300 e. The highest BCUT2D eigenvalue weighted by Gasteiger charge is 2.28. The fraction of sp³-hybridized carbons (Fsp3) is 0.500. The average Bonchev–Trinajstić information content (AvgIpc) is 2.16. The Morgan fingerprint density at radius 3 is 1.85 bits per heavy atom. The molecule has 0 aliphatic carbocycles. The van der Waals surface area contributed by atoms with Crippen molar-refractivity contribution in [2.45, 2.75) is 0 Å². The largest absolute Gasteiger partial charge is 0.408 e. The molecule has 0 rings (SSSR count). The molecule has 0 amide bonds. The van der Waals surface area contributed by atoms with Gasteiger partial charge in [-0.2, -0.15) is 0 Å². The van der Waals surface area contributed by atoms with Crippen LogP contribution in [-0.4, -0.2) is 32.0 Å². The van der Waals surface area contributed by atoms with Gasteiger partial charge in [-0.05, 0) is 0 Å². The van der Waals surface area contributed by atoms with Crippen LogP contribution in [0, 0.1) is 0 Å². The van der Waals surface area contributed by atoms with E-state index >= 15 is 0 Å². The zero-order chi connectivity index (χ0) is 10.3. The van der Waals surface area contributed by atoms with Crippen molar-refractivity contribution in [3.8, 4) is 0 Å². The van der Waals surface area contributed by atoms with E-state index in [0.717, 1.165) is 0 Å². The lowest BCUT2D eigenvalue weighted by Gasteiger charge is -2.25. The summed E-state index contributed by atoms with van der Waals surface area (Å²) in [6.45, 7) is 7.98. The van der Waals surface area contributed by atoms with E-state index in [1.165, 1.54) is 18.9 Å². The third kappa shape index (κ3) is 3.44. The van der Waals surface area contributed by atoms with Crippen molar-refractivity contribution in [3.05, 3.63) is 25.3 Å². The van der Waals surface area contributed by atoms with E-state index in [-0.39, 0.29) is 0 Å². The molecule has 0 aliphatic rings. The molecule has 0 aromatic rings. The van der Waals surface area contributed by atoms with Crippen LogP contribution in [0.1, 0.15) is 0 Å². The number of nitrogens with zero attached hydrogens (tertiary/aromatic N) is 1. The zero-order valence-electron chi connectivity index (χ0n) is 8.10. The summed E-state index contributed by atoms with van der Waals surface area (Å²) < 4.78 is 23.0. The first-order valence-electron chi connectivity index (χ1n) is 3.83. The number of rotatable bonds is 7. The van der Waals surface area contributed by atoms with Crippen molar-refractivity contribution in [1.82, 2.24) is 4.67 Å². The highest BCUT2D eigenvalue weighted by molar-refractivity contribution is 7.51. The van der Waals surface area contributed by atoms with Crippen LogP contribution in [0.3, 0.4) is 0 Å². The van der Waals surface area contributed by atoms with Crippen LogP contribution >= 0.6 is 7.75 Å². The third-order valence-corrected chi connectivity index (χ3v) is 3.43. The summed E-state index contributed by atoms with van der Waals surface area (Å²) in [5.41, 5.74) is 0. The van der Waals surface area contributed by atoms with Crippen molar-refractivity contribution in [1.29, 1.82) is 0 Å². The van der Waals surface area contributed by atoms with Gasteiger partial charge in [0.25, 0.3) is 0 Å². The lowest BCUT2D eigenvalue weighted by Crippen LogP contribution is -2.22. The minimum absolute atomic E-state index is 0.435. The Bertz CT molecular complexity index is 199. The molecule has 0 spiro atoms. The SMILES string of the molecule is C=CCN(CC=C)P(=O)(OC)OC. The normalized spacial score (nSPS) is 11.6. The van der Waals surface area contributed by atoms with E-state index in [1.54, 1.807) is 12.2 Å². The van der Waals surface area contributed by atoms with Crippen LogP contribution in [0.4, 0.5) is 0 Å². The van der Waals surface area contributed by atoms with Crippen LogP contribution in [0.5, 0.6) is 0 Å². The van der Waals surface area contributed by atoms with E-state index < -0.39 is 7.75 Å². The van der Waals surface area contributed by atoms with Gasteiger partial charge in [0, 0.05) is 27.3 Å². The lowest BCUT2D eigenvalue weighted by atomic mass is 10.5. The second-order valence-electron chi connectivity index (χ2n) is 2.28. The van der Waals surface area contributed by atoms with Crippen LogP contribution in [0.15, 0.2) is 25.3 Å². The summed E-state index contributed by atoms with van der Waals surface area (Å²) in [6.07, 6.45) is 3.27. The standard InChI is InChI=1S/C8H16NO3P/c1-5-7-9(8-6-2)13(10,11-3)12-4/h5-6H,1-2,7-8H2,3-4H3. The third-order valence-electron chi connectivity index (χ3n) is 1.49. The topological polar surface area (TPSA) is 38.8 Å². The van der Waals surface area contributed by atoms with Crippen LogP contribution in [0.2, 0.25) is 0 Å². The minimum atomic E-state index is -3.13. The predicted octanol–water partition coefficient (Wildman–Crippen LogP) is 2.06. The molecule has 4 nitrogen and oxygen atoms in total. The molecule has 0 radical (unpaired) electrons. The van der Waals surface area contributed by atoms with Crippen molar-refractivity contribution >= 4 is 7.75 Å². The molecule has 0 heterocycles. The molecule has 0 unspecified atom stereocenters. The molecule has 5 heteroatoms. The predicted molar refractivity (Wildman–Crippen MR) is 53.6 cm³/mol. The Labute approximate surface area is 79.4 Å². The Morgan fingerprint density at radius 2 is 1.62 bits per heavy atom.